The lowest BCUT2D eigenvalue weighted by Crippen LogP contribution is -3.11. The zero-order chi connectivity index (χ0) is 16.2. The Morgan fingerprint density at radius 1 is 1.30 bits per heavy atom. The fourth-order valence-corrected chi connectivity index (χ4v) is 4.10. The maximum Gasteiger partial charge on any atom is 0.279 e. The van der Waals surface area contributed by atoms with Crippen LogP contribution in [0.25, 0.3) is 0 Å². The van der Waals surface area contributed by atoms with Crippen molar-refractivity contribution in [2.75, 3.05) is 18.4 Å². The van der Waals surface area contributed by atoms with Crippen molar-refractivity contribution < 1.29 is 14.5 Å². The first-order chi connectivity index (χ1) is 11.1. The number of nitrogens with one attached hydrogen (secondary N) is 2. The van der Waals surface area contributed by atoms with Gasteiger partial charge in [0.15, 0.2) is 12.3 Å². The van der Waals surface area contributed by atoms with Gasteiger partial charge in [0.05, 0.1) is 11.4 Å². The normalized spacial score (nSPS) is 20.4. The average Bonchev–Trinajstić information content (AvgIpc) is 3.18. The third-order valence-electron chi connectivity index (χ3n) is 4.31. The summed E-state index contributed by atoms with van der Waals surface area (Å²) in [5.74, 6) is 0.00758. The first kappa shape index (κ1) is 15.9. The van der Waals surface area contributed by atoms with Gasteiger partial charge in [0.25, 0.3) is 5.91 Å². The zero-order valence-electron chi connectivity index (χ0n) is 13.2. The summed E-state index contributed by atoms with van der Waals surface area (Å²) in [6.45, 7) is 3.03. The third-order valence-corrected chi connectivity index (χ3v) is 5.30. The number of quaternary nitrogens is 1. The van der Waals surface area contributed by atoms with Gasteiger partial charge in [0, 0.05) is 24.1 Å². The predicted molar refractivity (Wildman–Crippen MR) is 92.1 cm³/mol. The van der Waals surface area contributed by atoms with Gasteiger partial charge in [-0.25, -0.2) is 0 Å². The van der Waals surface area contributed by atoms with Crippen molar-refractivity contribution in [3.8, 4) is 0 Å². The number of hydrogen-bond donors (Lipinski definition) is 2. The SMILES string of the molecule is CC(=O)c1cccc(NC(=O)C[NH+]2CCC[C@H]2c2cccs2)c1. The van der Waals surface area contributed by atoms with Crippen molar-refractivity contribution in [2.45, 2.75) is 25.8 Å². The molecule has 1 aliphatic rings. The van der Waals surface area contributed by atoms with E-state index in [2.05, 4.69) is 22.8 Å². The summed E-state index contributed by atoms with van der Waals surface area (Å²) in [5.41, 5.74) is 1.31. The van der Waals surface area contributed by atoms with Crippen molar-refractivity contribution in [3.63, 3.8) is 0 Å². The molecule has 2 atom stereocenters. The predicted octanol–water partition coefficient (Wildman–Crippen LogP) is 2.31. The van der Waals surface area contributed by atoms with Gasteiger partial charge in [-0.1, -0.05) is 18.2 Å². The van der Waals surface area contributed by atoms with Gasteiger partial charge in [0.2, 0.25) is 0 Å². The van der Waals surface area contributed by atoms with Crippen LogP contribution in [0.3, 0.4) is 0 Å². The Bertz CT molecular complexity index is 697. The number of ketones is 1. The fraction of sp³-hybridized carbons (Fsp3) is 0.333. The van der Waals surface area contributed by atoms with E-state index in [0.717, 1.165) is 19.4 Å². The van der Waals surface area contributed by atoms with E-state index in [0.29, 0.717) is 23.8 Å². The maximum absolute atomic E-state index is 12.4. The van der Waals surface area contributed by atoms with Crippen molar-refractivity contribution in [1.82, 2.24) is 0 Å². The molecule has 2 N–H and O–H groups in total. The van der Waals surface area contributed by atoms with Crippen molar-refractivity contribution in [3.05, 3.63) is 52.2 Å². The second-order valence-corrected chi connectivity index (χ2v) is 6.96. The number of carbonyl (C=O) groups is 2. The minimum absolute atomic E-state index is 0.00373. The summed E-state index contributed by atoms with van der Waals surface area (Å²) in [7, 11) is 0. The molecule has 1 saturated heterocycles. The molecular formula is C18H21N2O2S+. The molecule has 1 amide bonds. The first-order valence-electron chi connectivity index (χ1n) is 7.92. The van der Waals surface area contributed by atoms with Crippen molar-refractivity contribution in [2.24, 2.45) is 0 Å². The molecule has 4 nitrogen and oxygen atoms in total. The third kappa shape index (κ3) is 3.86. The van der Waals surface area contributed by atoms with E-state index in [1.54, 1.807) is 29.5 Å². The lowest BCUT2D eigenvalue weighted by atomic mass is 10.1. The molecular weight excluding hydrogens is 308 g/mol. The molecule has 0 radical (unpaired) electrons. The van der Waals surface area contributed by atoms with Crippen LogP contribution in [0.5, 0.6) is 0 Å². The van der Waals surface area contributed by atoms with Gasteiger partial charge in [-0.15, -0.1) is 11.3 Å². The standard InChI is InChI=1S/C18H20N2O2S/c1-13(21)14-5-2-6-15(11-14)19-18(22)12-20-9-3-7-16(20)17-8-4-10-23-17/h2,4-6,8,10-11,16H,3,7,9,12H2,1H3,(H,19,22)/p+1/t16-/m0/s1. The van der Waals surface area contributed by atoms with Crippen LogP contribution in [0.2, 0.25) is 0 Å². The summed E-state index contributed by atoms with van der Waals surface area (Å²) in [4.78, 5) is 26.5. The quantitative estimate of drug-likeness (QED) is 0.827. The number of hydrogen-bond acceptors (Lipinski definition) is 3. The Balaban J connectivity index is 1.63. The average molecular weight is 329 g/mol. The van der Waals surface area contributed by atoms with Crippen molar-refractivity contribution in [1.29, 1.82) is 0 Å². The lowest BCUT2D eigenvalue weighted by molar-refractivity contribution is -0.910. The number of likely N-dealkylation sites (tertiary alicyclic amines) is 1. The number of anilines is 1. The molecule has 1 aromatic carbocycles. The van der Waals surface area contributed by atoms with Crippen LogP contribution in [-0.4, -0.2) is 24.8 Å². The van der Waals surface area contributed by atoms with Gasteiger partial charge in [-0.05, 0) is 30.5 Å². The number of amides is 1. The van der Waals surface area contributed by atoms with Crippen LogP contribution in [0, 0.1) is 0 Å². The number of thiophene rings is 1. The molecule has 5 heteroatoms. The number of Topliss-reactive ketones (excluding diaryl/α,β-unsaturated/α-hetero) is 1. The van der Waals surface area contributed by atoms with E-state index >= 15 is 0 Å². The minimum Gasteiger partial charge on any atom is -0.321 e. The van der Waals surface area contributed by atoms with Crippen LogP contribution in [0.4, 0.5) is 5.69 Å². The summed E-state index contributed by atoms with van der Waals surface area (Å²) in [5, 5.41) is 5.02. The van der Waals surface area contributed by atoms with Gasteiger partial charge >= 0.3 is 0 Å². The van der Waals surface area contributed by atoms with Crippen LogP contribution in [-0.2, 0) is 4.79 Å². The van der Waals surface area contributed by atoms with Gasteiger partial charge < -0.3 is 10.2 Å². The molecule has 0 spiro atoms. The minimum atomic E-state index is 0.00373. The Hall–Kier alpha value is -1.98. The second kappa shape index (κ2) is 7.06. The highest BCUT2D eigenvalue weighted by atomic mass is 32.1. The molecule has 2 heterocycles. The van der Waals surface area contributed by atoms with Crippen LogP contribution in [0.15, 0.2) is 41.8 Å². The van der Waals surface area contributed by atoms with Gasteiger partial charge in [0.1, 0.15) is 6.04 Å². The monoisotopic (exact) mass is 329 g/mol. The molecule has 0 saturated carbocycles. The van der Waals surface area contributed by atoms with E-state index < -0.39 is 0 Å². The highest BCUT2D eigenvalue weighted by Gasteiger charge is 2.32. The van der Waals surface area contributed by atoms with E-state index in [1.165, 1.54) is 16.7 Å². The fourth-order valence-electron chi connectivity index (χ4n) is 3.18. The molecule has 1 unspecified atom stereocenters. The van der Waals surface area contributed by atoms with Gasteiger partial charge in [-0.2, -0.15) is 0 Å². The van der Waals surface area contributed by atoms with Gasteiger partial charge in [-0.3, -0.25) is 9.59 Å². The molecule has 1 fully saturated rings. The molecule has 120 valence electrons. The Kier molecular flexibility index (Phi) is 4.88. The van der Waals surface area contributed by atoms with E-state index in [-0.39, 0.29) is 11.7 Å². The van der Waals surface area contributed by atoms with E-state index in [9.17, 15) is 9.59 Å². The Morgan fingerprint density at radius 2 is 2.17 bits per heavy atom. The molecule has 0 aliphatic carbocycles. The summed E-state index contributed by atoms with van der Waals surface area (Å²) >= 11 is 1.77. The molecule has 23 heavy (non-hydrogen) atoms. The summed E-state index contributed by atoms with van der Waals surface area (Å²) < 4.78 is 0. The zero-order valence-corrected chi connectivity index (χ0v) is 14.0. The topological polar surface area (TPSA) is 50.6 Å². The largest absolute Gasteiger partial charge is 0.321 e. The van der Waals surface area contributed by atoms with Crippen molar-refractivity contribution >= 4 is 28.7 Å². The van der Waals surface area contributed by atoms with Crippen LogP contribution in [0.1, 0.15) is 41.0 Å². The summed E-state index contributed by atoms with van der Waals surface area (Å²) in [6.07, 6.45) is 2.30. The lowest BCUT2D eigenvalue weighted by Gasteiger charge is -2.20. The van der Waals surface area contributed by atoms with Crippen LogP contribution >= 0.6 is 11.3 Å². The maximum atomic E-state index is 12.4. The molecule has 3 rings (SSSR count). The molecule has 0 bridgehead atoms. The second-order valence-electron chi connectivity index (χ2n) is 5.98. The number of carbonyl (C=O) groups excluding carboxylic acids is 2. The van der Waals surface area contributed by atoms with E-state index in [4.69, 9.17) is 0 Å². The first-order valence-corrected chi connectivity index (χ1v) is 8.80. The Morgan fingerprint density at radius 3 is 2.91 bits per heavy atom. The Labute approximate surface area is 140 Å². The molecule has 2 aromatic rings. The van der Waals surface area contributed by atoms with E-state index in [1.807, 2.05) is 6.07 Å². The highest BCUT2D eigenvalue weighted by Crippen LogP contribution is 2.23. The van der Waals surface area contributed by atoms with Crippen LogP contribution < -0.4 is 10.2 Å². The number of benzene rings is 1. The summed E-state index contributed by atoms with van der Waals surface area (Å²) in [6, 6.07) is 11.8. The number of rotatable bonds is 5. The molecule has 1 aromatic heterocycles. The molecule has 1 aliphatic heterocycles. The smallest absolute Gasteiger partial charge is 0.279 e. The highest BCUT2D eigenvalue weighted by molar-refractivity contribution is 7.10.